The second-order valence-corrected chi connectivity index (χ2v) is 6.37. The van der Waals surface area contributed by atoms with Crippen LogP contribution in [-0.4, -0.2) is 19.3 Å². The lowest BCUT2D eigenvalue weighted by atomic mass is 9.69. The Hall–Kier alpha value is -0.860. The average molecular weight is 262 g/mol. The van der Waals surface area contributed by atoms with Gasteiger partial charge in [0, 0.05) is 13.0 Å². The molecule has 0 spiro atoms. The summed E-state index contributed by atoms with van der Waals surface area (Å²) in [6.45, 7) is 6.48. The minimum absolute atomic E-state index is 0.399. The highest BCUT2D eigenvalue weighted by Gasteiger charge is 2.37. The predicted molar refractivity (Wildman–Crippen MR) is 78.8 cm³/mol. The molecular weight excluding hydrogens is 234 g/mol. The van der Waals surface area contributed by atoms with Crippen molar-refractivity contribution in [1.29, 1.82) is 0 Å². The molecule has 2 atom stereocenters. The maximum atomic E-state index is 5.96. The summed E-state index contributed by atoms with van der Waals surface area (Å²) in [7, 11) is 0. The Balaban J connectivity index is 2.12. The molecule has 2 heteroatoms. The van der Waals surface area contributed by atoms with Gasteiger partial charge in [0.25, 0.3) is 0 Å². The van der Waals surface area contributed by atoms with Crippen molar-refractivity contribution in [3.8, 4) is 0 Å². The lowest BCUT2D eigenvalue weighted by Gasteiger charge is -2.42. The summed E-state index contributed by atoms with van der Waals surface area (Å²) in [5.41, 5.74) is 5.95. The Bertz CT molecular complexity index is 372. The van der Waals surface area contributed by atoms with Crippen molar-refractivity contribution in [1.82, 2.24) is 0 Å². The van der Waals surface area contributed by atoms with Crippen LogP contribution in [0, 0.1) is 11.3 Å². The Kier molecular flexibility index (Phi) is 5.00. The molecule has 1 fully saturated rings. The average Bonchev–Trinajstić information content (AvgIpc) is 2.40. The molecule has 3 N–H and O–H groups in total. The van der Waals surface area contributed by atoms with Crippen LogP contribution in [0.1, 0.15) is 38.7 Å². The summed E-state index contributed by atoms with van der Waals surface area (Å²) in [4.78, 5) is 0. The van der Waals surface area contributed by atoms with Crippen LogP contribution in [0.25, 0.3) is 0 Å². The van der Waals surface area contributed by atoms with Crippen molar-refractivity contribution >= 4 is 0 Å². The van der Waals surface area contributed by atoms with Gasteiger partial charge in [0.15, 0.2) is 0 Å². The van der Waals surface area contributed by atoms with Crippen LogP contribution < -0.4 is 5.73 Å². The van der Waals surface area contributed by atoms with Gasteiger partial charge in [-0.15, -0.1) is 0 Å². The third-order valence-electron chi connectivity index (χ3n) is 4.47. The molecule has 1 heterocycles. The lowest BCUT2D eigenvalue weighted by Crippen LogP contribution is -2.53. The summed E-state index contributed by atoms with van der Waals surface area (Å²) >= 11 is 0. The topological polar surface area (TPSA) is 36.9 Å². The molecule has 2 unspecified atom stereocenters. The van der Waals surface area contributed by atoms with Crippen LogP contribution in [0.15, 0.2) is 30.3 Å². The van der Waals surface area contributed by atoms with Gasteiger partial charge in [-0.3, -0.25) is 0 Å². The molecule has 0 aliphatic carbocycles. The molecule has 0 amide bonds. The highest BCUT2D eigenvalue weighted by molar-refractivity contribution is 5.17. The smallest absolute Gasteiger partial charge is 0.0745 e. The van der Waals surface area contributed by atoms with Gasteiger partial charge in [0.1, 0.15) is 0 Å². The van der Waals surface area contributed by atoms with Crippen molar-refractivity contribution in [2.45, 2.75) is 45.6 Å². The quantitative estimate of drug-likeness (QED) is 0.870. The molecule has 1 aromatic carbocycles. The van der Waals surface area contributed by atoms with Gasteiger partial charge >= 0.3 is 0 Å². The SMILES string of the molecule is CC(C)C1CC(CC[NH3+])(Cc2ccccc2)CCO1. The molecule has 1 saturated heterocycles. The molecule has 1 aromatic rings. The van der Waals surface area contributed by atoms with E-state index in [2.05, 4.69) is 49.9 Å². The largest absolute Gasteiger partial charge is 0.378 e. The van der Waals surface area contributed by atoms with E-state index in [-0.39, 0.29) is 0 Å². The van der Waals surface area contributed by atoms with Crippen molar-refractivity contribution in [2.24, 2.45) is 11.3 Å². The van der Waals surface area contributed by atoms with E-state index in [9.17, 15) is 0 Å². The number of hydrogen-bond donors (Lipinski definition) is 1. The van der Waals surface area contributed by atoms with E-state index in [0.29, 0.717) is 17.4 Å². The molecular formula is C17H28NO+. The molecule has 106 valence electrons. The first-order valence-corrected chi connectivity index (χ1v) is 7.60. The highest BCUT2D eigenvalue weighted by Crippen LogP contribution is 2.41. The summed E-state index contributed by atoms with van der Waals surface area (Å²) in [6, 6.07) is 10.9. The van der Waals surface area contributed by atoms with Gasteiger partial charge < -0.3 is 10.5 Å². The lowest BCUT2D eigenvalue weighted by molar-refractivity contribution is -0.373. The van der Waals surface area contributed by atoms with Gasteiger partial charge in [-0.05, 0) is 36.2 Å². The third-order valence-corrected chi connectivity index (χ3v) is 4.47. The van der Waals surface area contributed by atoms with Gasteiger partial charge in [0.2, 0.25) is 0 Å². The van der Waals surface area contributed by atoms with Crippen LogP contribution in [0.2, 0.25) is 0 Å². The van der Waals surface area contributed by atoms with Gasteiger partial charge in [-0.1, -0.05) is 44.2 Å². The summed E-state index contributed by atoms with van der Waals surface area (Å²) in [5.74, 6) is 0.611. The van der Waals surface area contributed by atoms with Crippen LogP contribution >= 0.6 is 0 Å². The zero-order valence-corrected chi connectivity index (χ0v) is 12.4. The number of quaternary nitrogens is 1. The normalized spacial score (nSPS) is 27.7. The van der Waals surface area contributed by atoms with Gasteiger partial charge in [0.05, 0.1) is 12.6 Å². The number of ether oxygens (including phenoxy) is 1. The first-order valence-electron chi connectivity index (χ1n) is 7.60. The van der Waals surface area contributed by atoms with Crippen LogP contribution in [0.4, 0.5) is 0 Å². The summed E-state index contributed by atoms with van der Waals surface area (Å²) in [6.07, 6.45) is 5.18. The van der Waals surface area contributed by atoms with E-state index >= 15 is 0 Å². The second-order valence-electron chi connectivity index (χ2n) is 6.37. The van der Waals surface area contributed by atoms with Crippen molar-refractivity contribution in [3.63, 3.8) is 0 Å². The standard InChI is InChI=1S/C17H27NO/c1-14(2)16-13-17(8-10-18,9-11-19-16)12-15-6-4-3-5-7-15/h3-7,14,16H,8-13,18H2,1-2H3/p+1. The van der Waals surface area contributed by atoms with Crippen molar-refractivity contribution in [2.75, 3.05) is 13.2 Å². The van der Waals surface area contributed by atoms with Crippen molar-refractivity contribution < 1.29 is 10.5 Å². The molecule has 2 nitrogen and oxygen atoms in total. The van der Waals surface area contributed by atoms with Crippen LogP contribution in [-0.2, 0) is 11.2 Å². The molecule has 0 radical (unpaired) electrons. The zero-order chi connectivity index (χ0) is 13.7. The third kappa shape index (κ3) is 3.80. The minimum atomic E-state index is 0.399. The zero-order valence-electron chi connectivity index (χ0n) is 12.4. The number of hydrogen-bond acceptors (Lipinski definition) is 1. The minimum Gasteiger partial charge on any atom is -0.378 e. The van der Waals surface area contributed by atoms with E-state index in [0.717, 1.165) is 13.2 Å². The first-order chi connectivity index (χ1) is 9.15. The maximum absolute atomic E-state index is 5.96. The van der Waals surface area contributed by atoms with E-state index in [1.807, 2.05) is 0 Å². The molecule has 0 saturated carbocycles. The predicted octanol–water partition coefficient (Wildman–Crippen LogP) is 2.68. The first kappa shape index (κ1) is 14.5. The Morgan fingerprint density at radius 2 is 2.05 bits per heavy atom. The fourth-order valence-electron chi connectivity index (χ4n) is 3.32. The number of benzene rings is 1. The van der Waals surface area contributed by atoms with Gasteiger partial charge in [-0.25, -0.2) is 0 Å². The monoisotopic (exact) mass is 262 g/mol. The highest BCUT2D eigenvalue weighted by atomic mass is 16.5. The molecule has 19 heavy (non-hydrogen) atoms. The van der Waals surface area contributed by atoms with Gasteiger partial charge in [-0.2, -0.15) is 0 Å². The fourth-order valence-corrected chi connectivity index (χ4v) is 3.32. The Morgan fingerprint density at radius 3 is 2.68 bits per heavy atom. The van der Waals surface area contributed by atoms with Crippen molar-refractivity contribution in [3.05, 3.63) is 35.9 Å². The maximum Gasteiger partial charge on any atom is 0.0745 e. The van der Waals surface area contributed by atoms with E-state index in [1.54, 1.807) is 0 Å². The van der Waals surface area contributed by atoms with Crippen LogP contribution in [0.3, 0.4) is 0 Å². The van der Waals surface area contributed by atoms with E-state index in [4.69, 9.17) is 4.74 Å². The van der Waals surface area contributed by atoms with E-state index in [1.165, 1.54) is 31.2 Å². The van der Waals surface area contributed by atoms with Crippen LogP contribution in [0.5, 0.6) is 0 Å². The molecule has 2 rings (SSSR count). The Morgan fingerprint density at radius 1 is 1.32 bits per heavy atom. The number of rotatable bonds is 5. The van der Waals surface area contributed by atoms with E-state index < -0.39 is 0 Å². The molecule has 1 aliphatic heterocycles. The molecule has 0 bridgehead atoms. The second kappa shape index (κ2) is 6.53. The summed E-state index contributed by atoms with van der Waals surface area (Å²) in [5, 5.41) is 0. The Labute approximate surface area is 117 Å². The fraction of sp³-hybridized carbons (Fsp3) is 0.647. The molecule has 1 aliphatic rings. The summed E-state index contributed by atoms with van der Waals surface area (Å²) < 4.78 is 5.96. The molecule has 0 aromatic heterocycles.